The van der Waals surface area contributed by atoms with Gasteiger partial charge in [-0.1, -0.05) is 11.3 Å². The lowest BCUT2D eigenvalue weighted by atomic mass is 10.1. The van der Waals surface area contributed by atoms with Crippen LogP contribution in [0.25, 0.3) is 0 Å². The van der Waals surface area contributed by atoms with Gasteiger partial charge in [-0.15, -0.1) is 10.2 Å². The number of H-pyrrole nitrogens is 1. The third kappa shape index (κ3) is 3.59. The summed E-state index contributed by atoms with van der Waals surface area (Å²) in [6, 6.07) is 1.86. The van der Waals surface area contributed by atoms with Gasteiger partial charge in [-0.05, 0) is 41.8 Å². The number of rotatable bonds is 4. The highest BCUT2D eigenvalue weighted by Crippen LogP contribution is 2.24. The molecule has 1 saturated heterocycles. The second-order valence-corrected chi connectivity index (χ2v) is 7.40. The summed E-state index contributed by atoms with van der Waals surface area (Å²) in [6.07, 6.45) is 1.54. The number of amides is 1. The number of carboxylic acids is 1. The van der Waals surface area contributed by atoms with Crippen LogP contribution >= 0.6 is 27.3 Å². The number of aromatic carboxylic acids is 1. The number of aromatic nitrogens is 3. The lowest BCUT2D eigenvalue weighted by Gasteiger charge is -2.31. The molecule has 2 aromatic heterocycles. The maximum absolute atomic E-state index is 12.2. The number of halogens is 1. The largest absolute Gasteiger partial charge is 0.476 e. The quantitative estimate of drug-likeness (QED) is 0.706. The van der Waals surface area contributed by atoms with E-state index in [1.54, 1.807) is 6.07 Å². The predicted molar refractivity (Wildman–Crippen MR) is 92.8 cm³/mol. The molecule has 0 radical (unpaired) electrons. The highest BCUT2D eigenvalue weighted by atomic mass is 79.9. The second-order valence-electron chi connectivity index (χ2n) is 5.59. The van der Waals surface area contributed by atoms with Crippen LogP contribution in [0.1, 0.15) is 38.8 Å². The van der Waals surface area contributed by atoms with Crippen molar-refractivity contribution >= 4 is 44.3 Å². The number of carboxylic acid groups (broad SMARTS) is 1. The summed E-state index contributed by atoms with van der Waals surface area (Å²) in [5.74, 6) is -1.18. The van der Waals surface area contributed by atoms with Crippen LogP contribution in [-0.4, -0.2) is 51.3 Å². The van der Waals surface area contributed by atoms with Gasteiger partial charge in [0, 0.05) is 29.3 Å². The normalized spacial score (nSPS) is 15.5. The zero-order valence-corrected chi connectivity index (χ0v) is 15.3. The number of nitrogens with zero attached hydrogens (tertiary/aromatic N) is 3. The van der Waals surface area contributed by atoms with Crippen molar-refractivity contribution in [2.24, 2.45) is 0 Å². The molecule has 128 valence electrons. The molecule has 0 spiro atoms. The highest BCUT2D eigenvalue weighted by Gasteiger charge is 2.24. The van der Waals surface area contributed by atoms with Gasteiger partial charge in [-0.3, -0.25) is 4.79 Å². The van der Waals surface area contributed by atoms with E-state index in [9.17, 15) is 9.59 Å². The van der Waals surface area contributed by atoms with Crippen molar-refractivity contribution in [1.82, 2.24) is 20.5 Å². The Morgan fingerprint density at radius 2 is 2.12 bits per heavy atom. The molecule has 0 aromatic carbocycles. The van der Waals surface area contributed by atoms with Crippen molar-refractivity contribution in [2.45, 2.75) is 25.8 Å². The topological polar surface area (TPSA) is 111 Å². The molecule has 3 N–H and O–H groups in total. The maximum atomic E-state index is 12.2. The molecule has 2 aromatic rings. The first-order valence-corrected chi connectivity index (χ1v) is 9.02. The minimum absolute atomic E-state index is 0.00637. The Hall–Kier alpha value is -1.94. The number of nitrogens with one attached hydrogen (secondary N) is 2. The minimum atomic E-state index is -1.06. The minimum Gasteiger partial charge on any atom is -0.476 e. The lowest BCUT2D eigenvalue weighted by molar-refractivity contribution is 0.0695. The number of hydrogen-bond donors (Lipinski definition) is 3. The average molecular weight is 414 g/mol. The van der Waals surface area contributed by atoms with E-state index in [2.05, 4.69) is 36.4 Å². The fourth-order valence-electron chi connectivity index (χ4n) is 2.56. The van der Waals surface area contributed by atoms with Gasteiger partial charge >= 0.3 is 5.97 Å². The van der Waals surface area contributed by atoms with E-state index in [1.165, 1.54) is 0 Å². The third-order valence-corrected chi connectivity index (χ3v) is 5.69. The first kappa shape index (κ1) is 16.9. The van der Waals surface area contributed by atoms with Gasteiger partial charge in [0.2, 0.25) is 10.1 Å². The number of anilines is 1. The Bertz CT molecular complexity index is 747. The van der Waals surface area contributed by atoms with Crippen molar-refractivity contribution < 1.29 is 14.7 Å². The van der Waals surface area contributed by atoms with E-state index in [-0.39, 0.29) is 17.0 Å². The molecule has 0 aliphatic carbocycles. The molecule has 1 aliphatic heterocycles. The monoisotopic (exact) mass is 413 g/mol. The van der Waals surface area contributed by atoms with Gasteiger partial charge in [0.15, 0.2) is 0 Å². The number of piperidine rings is 1. The van der Waals surface area contributed by atoms with E-state index in [0.29, 0.717) is 23.9 Å². The lowest BCUT2D eigenvalue weighted by Crippen LogP contribution is -2.44. The number of aryl methyl sites for hydroxylation is 1. The van der Waals surface area contributed by atoms with Crippen LogP contribution in [0.15, 0.2) is 10.5 Å². The smallest absolute Gasteiger partial charge is 0.367 e. The molecule has 10 heteroatoms. The van der Waals surface area contributed by atoms with Gasteiger partial charge in [0.25, 0.3) is 5.91 Å². The van der Waals surface area contributed by atoms with E-state index < -0.39 is 5.97 Å². The number of carbonyl (C=O) groups is 2. The fourth-order valence-corrected chi connectivity index (χ4v) is 3.63. The Labute approximate surface area is 150 Å². The summed E-state index contributed by atoms with van der Waals surface area (Å²) in [5, 5.41) is 20.1. The summed E-state index contributed by atoms with van der Waals surface area (Å²) >= 11 is 4.45. The van der Waals surface area contributed by atoms with Gasteiger partial charge in [0.05, 0.1) is 0 Å². The maximum Gasteiger partial charge on any atom is 0.367 e. The molecule has 0 saturated carbocycles. The van der Waals surface area contributed by atoms with E-state index >= 15 is 0 Å². The molecular weight excluding hydrogens is 398 g/mol. The van der Waals surface area contributed by atoms with Gasteiger partial charge in [-0.25, -0.2) is 4.79 Å². The Balaban J connectivity index is 1.54. The molecule has 24 heavy (non-hydrogen) atoms. The summed E-state index contributed by atoms with van der Waals surface area (Å²) in [5.41, 5.74) is 1.46. The Morgan fingerprint density at radius 3 is 2.67 bits per heavy atom. The van der Waals surface area contributed by atoms with Gasteiger partial charge in [-0.2, -0.15) is 0 Å². The van der Waals surface area contributed by atoms with Gasteiger partial charge in [0.1, 0.15) is 5.69 Å². The van der Waals surface area contributed by atoms with Crippen molar-refractivity contribution in [3.63, 3.8) is 0 Å². The highest BCUT2D eigenvalue weighted by molar-refractivity contribution is 9.10. The standard InChI is InChI=1S/C14H16BrN5O3S/c1-7-9(15)6-10(16-7)11(21)17-8-2-4-20(5-3-8)14-19-18-12(24-14)13(22)23/h6,8,16H,2-5H2,1H3,(H,17,21)(H,22,23). The molecule has 3 rings (SSSR count). The van der Waals surface area contributed by atoms with Crippen LogP contribution in [0.4, 0.5) is 5.13 Å². The zero-order valence-electron chi connectivity index (χ0n) is 12.9. The number of hydrogen-bond acceptors (Lipinski definition) is 6. The van der Waals surface area contributed by atoms with Crippen LogP contribution in [-0.2, 0) is 0 Å². The van der Waals surface area contributed by atoms with E-state index in [0.717, 1.165) is 34.3 Å². The molecule has 1 fully saturated rings. The van der Waals surface area contributed by atoms with Crippen molar-refractivity contribution in [3.05, 3.63) is 26.9 Å². The summed E-state index contributed by atoms with van der Waals surface area (Å²) in [7, 11) is 0. The Morgan fingerprint density at radius 1 is 1.42 bits per heavy atom. The third-order valence-electron chi connectivity index (χ3n) is 3.89. The average Bonchev–Trinajstić information content (AvgIpc) is 3.16. The van der Waals surface area contributed by atoms with Crippen LogP contribution in [0.2, 0.25) is 0 Å². The molecule has 0 bridgehead atoms. The predicted octanol–water partition coefficient (Wildman–Crippen LogP) is 2.03. The van der Waals surface area contributed by atoms with Crippen molar-refractivity contribution in [2.75, 3.05) is 18.0 Å². The van der Waals surface area contributed by atoms with Crippen LogP contribution in [0.3, 0.4) is 0 Å². The molecule has 0 unspecified atom stereocenters. The van der Waals surface area contributed by atoms with Crippen molar-refractivity contribution in [1.29, 1.82) is 0 Å². The van der Waals surface area contributed by atoms with Crippen LogP contribution in [0, 0.1) is 6.92 Å². The SMILES string of the molecule is Cc1[nH]c(C(=O)NC2CCN(c3nnc(C(=O)O)s3)CC2)cc1Br. The molecule has 0 atom stereocenters. The van der Waals surface area contributed by atoms with E-state index in [4.69, 9.17) is 5.11 Å². The molecule has 3 heterocycles. The van der Waals surface area contributed by atoms with Crippen LogP contribution in [0.5, 0.6) is 0 Å². The second kappa shape index (κ2) is 6.89. The zero-order chi connectivity index (χ0) is 17.3. The molecule has 1 aliphatic rings. The molecule has 1 amide bonds. The van der Waals surface area contributed by atoms with Crippen LogP contribution < -0.4 is 10.2 Å². The molecule has 8 nitrogen and oxygen atoms in total. The van der Waals surface area contributed by atoms with E-state index in [1.807, 2.05) is 11.8 Å². The first-order chi connectivity index (χ1) is 11.4. The Kier molecular flexibility index (Phi) is 4.86. The number of aromatic amines is 1. The fraction of sp³-hybridized carbons (Fsp3) is 0.429. The number of carbonyl (C=O) groups excluding carboxylic acids is 1. The summed E-state index contributed by atoms with van der Waals surface area (Å²) in [6.45, 7) is 3.30. The first-order valence-electron chi connectivity index (χ1n) is 7.41. The van der Waals surface area contributed by atoms with Gasteiger partial charge < -0.3 is 20.3 Å². The molecular formula is C14H16BrN5O3S. The van der Waals surface area contributed by atoms with Crippen molar-refractivity contribution in [3.8, 4) is 0 Å². The summed E-state index contributed by atoms with van der Waals surface area (Å²) in [4.78, 5) is 28.2. The summed E-state index contributed by atoms with van der Waals surface area (Å²) < 4.78 is 0.882.